The summed E-state index contributed by atoms with van der Waals surface area (Å²) in [5.41, 5.74) is 9.54. The van der Waals surface area contributed by atoms with Crippen molar-refractivity contribution in [3.8, 4) is 0 Å². The lowest BCUT2D eigenvalue weighted by molar-refractivity contribution is -0.139. The number of rotatable bonds is 25. The molecule has 60 heavy (non-hydrogen) atoms. The van der Waals surface area contributed by atoms with E-state index in [-0.39, 0.29) is 61.5 Å². The Bertz CT molecular complexity index is 1970. The van der Waals surface area contributed by atoms with E-state index in [9.17, 15) is 67.8 Å². The van der Waals surface area contributed by atoms with Crippen molar-refractivity contribution in [2.45, 2.75) is 82.3 Å². The topological polar surface area (TPSA) is 447 Å². The van der Waals surface area contributed by atoms with E-state index in [0.29, 0.717) is 0 Å². The third-order valence-corrected chi connectivity index (χ3v) is 12.4. The zero-order valence-corrected chi connectivity index (χ0v) is 35.2. The summed E-state index contributed by atoms with van der Waals surface area (Å²) >= 11 is 0.746. The van der Waals surface area contributed by atoms with Gasteiger partial charge in [-0.15, -0.1) is 0 Å². The number of aromatic nitrogens is 4. The molecule has 14 N–H and O–H groups in total. The number of imidazole rings is 1. The maximum Gasteiger partial charge on any atom is 0.481 e. The van der Waals surface area contributed by atoms with Gasteiger partial charge in [-0.3, -0.25) is 37.3 Å². The quantitative estimate of drug-likeness (QED) is 0.0365. The summed E-state index contributed by atoms with van der Waals surface area (Å²) in [4.78, 5) is 98.4. The first-order chi connectivity index (χ1) is 27.7. The molecule has 2 amide bonds. The van der Waals surface area contributed by atoms with Gasteiger partial charge in [0.15, 0.2) is 17.7 Å². The van der Waals surface area contributed by atoms with E-state index in [4.69, 9.17) is 30.4 Å². The van der Waals surface area contributed by atoms with E-state index in [1.165, 1.54) is 13.8 Å². The summed E-state index contributed by atoms with van der Waals surface area (Å²) in [6.45, 7) is 0.0758. The second-order valence-electron chi connectivity index (χ2n) is 13.6. The number of hydrogen-bond donors (Lipinski definition) is 12. The third kappa shape index (κ3) is 15.7. The number of carbonyl (C=O) groups excluding carboxylic acids is 3. The van der Waals surface area contributed by atoms with Crippen molar-refractivity contribution in [1.29, 1.82) is 0 Å². The van der Waals surface area contributed by atoms with Crippen LogP contribution >= 0.6 is 35.2 Å². The Morgan fingerprint density at radius 3 is 2.33 bits per heavy atom. The second kappa shape index (κ2) is 21.8. The molecule has 0 bridgehead atoms. The van der Waals surface area contributed by atoms with Crippen molar-refractivity contribution in [1.82, 2.24) is 30.2 Å². The number of aliphatic hydroxyl groups is 3. The normalized spacial score (nSPS) is 22.0. The van der Waals surface area contributed by atoms with Crippen LogP contribution in [0.5, 0.6) is 0 Å². The minimum atomic E-state index is -5.60. The van der Waals surface area contributed by atoms with E-state index in [1.54, 1.807) is 0 Å². The highest BCUT2D eigenvalue weighted by molar-refractivity contribution is 8.13. The van der Waals surface area contributed by atoms with Crippen LogP contribution in [0.1, 0.15) is 45.8 Å². The Morgan fingerprint density at radius 2 is 1.68 bits per heavy atom. The van der Waals surface area contributed by atoms with E-state index >= 15 is 0 Å². The summed E-state index contributed by atoms with van der Waals surface area (Å²) in [5.74, 6) is -2.75. The van der Waals surface area contributed by atoms with E-state index in [2.05, 4.69) is 34.4 Å². The molecule has 1 aliphatic heterocycles. The number of phosphoric ester groups is 3. The number of phosphoric acid groups is 3. The first kappa shape index (κ1) is 51.3. The van der Waals surface area contributed by atoms with Gasteiger partial charge in [-0.05, 0) is 19.3 Å². The minimum Gasteiger partial charge on any atom is -0.480 e. The SMILES string of the molecule is CC(C)(COP(=O)(O)OP(=O)(O)OC[C@H]1O[C@@H](n2cnc3c(N)ncnc32)[C@H](O)[C@@H]1OP(=O)(O)O)[C@@H](O)C(=O)NCCC(=O)NCCSC(=O)[C@H](O)CCC[C@H](N)C(=O)O. The van der Waals surface area contributed by atoms with Crippen LogP contribution < -0.4 is 22.1 Å². The van der Waals surface area contributed by atoms with Gasteiger partial charge < -0.3 is 66.8 Å². The van der Waals surface area contributed by atoms with Crippen LogP contribution in [0.4, 0.5) is 5.82 Å². The predicted molar refractivity (Wildman–Crippen MR) is 203 cm³/mol. The largest absolute Gasteiger partial charge is 0.481 e. The van der Waals surface area contributed by atoms with E-state index < -0.39 is 108 Å². The molecule has 1 fully saturated rings. The number of carbonyl (C=O) groups is 4. The smallest absolute Gasteiger partial charge is 0.480 e. The summed E-state index contributed by atoms with van der Waals surface area (Å²) in [7, 11) is -16.5. The monoisotopic (exact) mass is 940 g/mol. The number of anilines is 1. The van der Waals surface area contributed by atoms with Crippen molar-refractivity contribution in [3.05, 3.63) is 12.7 Å². The standard InChI is InChI=1S/C28H47N8O20P3S/c1-28(2,21(40)24(41)32-7-6-17(38)31-8-9-60-27(44)15(37)5-3-4-14(29)26(42)43)11-53-59(50,51)56-58(48,49)52-10-16-20(55-57(45,46)47)19(39)25(54-16)36-13-35-18-22(30)33-12-34-23(18)36/h12-16,19-21,25,37,39-40H,3-11,29H2,1-2H3,(H,31,38)(H,32,41)(H,42,43)(H,48,49)(H,50,51)(H2,30,33,34)(H2,45,46,47)/t14-,15+,16+,19+,20+,21-,25+/m0/s1. The number of fused-ring (bicyclic) bond motifs is 1. The molecule has 0 aromatic carbocycles. The number of ether oxygens (including phenoxy) is 1. The number of amides is 2. The van der Waals surface area contributed by atoms with Gasteiger partial charge >= 0.3 is 29.4 Å². The van der Waals surface area contributed by atoms with Gasteiger partial charge in [-0.2, -0.15) is 4.31 Å². The number of nitrogens with zero attached hydrogens (tertiary/aromatic N) is 4. The first-order valence-electron chi connectivity index (χ1n) is 17.5. The van der Waals surface area contributed by atoms with E-state index in [0.717, 1.165) is 29.0 Å². The Labute approximate surface area is 344 Å². The van der Waals surface area contributed by atoms with Gasteiger partial charge in [0.25, 0.3) is 0 Å². The molecule has 1 saturated heterocycles. The van der Waals surface area contributed by atoms with Gasteiger partial charge in [0.1, 0.15) is 48.4 Å². The number of nitrogen functional groups attached to an aromatic ring is 1. The number of nitrogens with one attached hydrogen (secondary N) is 2. The van der Waals surface area contributed by atoms with Crippen LogP contribution in [-0.2, 0) is 55.5 Å². The molecule has 32 heteroatoms. The number of hydrogen-bond acceptors (Lipinski definition) is 21. The number of carboxylic acid groups (broad SMARTS) is 1. The Kier molecular flexibility index (Phi) is 18.7. The fourth-order valence-electron chi connectivity index (χ4n) is 5.15. The van der Waals surface area contributed by atoms with Gasteiger partial charge in [0.2, 0.25) is 16.9 Å². The lowest BCUT2D eigenvalue weighted by Gasteiger charge is -2.30. The molecule has 0 radical (unpaired) electrons. The third-order valence-electron chi connectivity index (χ3n) is 8.33. The molecular formula is C28H47N8O20P3S. The first-order valence-corrected chi connectivity index (χ1v) is 23.0. The summed E-state index contributed by atoms with van der Waals surface area (Å²) in [6, 6.07) is -1.11. The fourth-order valence-corrected chi connectivity index (χ4v) is 8.70. The molecule has 9 atom stereocenters. The number of carboxylic acids is 1. The molecule has 0 aliphatic carbocycles. The van der Waals surface area contributed by atoms with Gasteiger partial charge in [-0.25, -0.2) is 28.6 Å². The highest BCUT2D eigenvalue weighted by Crippen LogP contribution is 2.61. The van der Waals surface area contributed by atoms with Gasteiger partial charge in [0.05, 0.1) is 19.5 Å². The van der Waals surface area contributed by atoms with Gasteiger partial charge in [-0.1, -0.05) is 25.6 Å². The van der Waals surface area contributed by atoms with Crippen LogP contribution in [0.15, 0.2) is 12.7 Å². The lowest BCUT2D eigenvalue weighted by atomic mass is 9.87. The molecule has 28 nitrogen and oxygen atoms in total. The molecule has 2 aromatic heterocycles. The van der Waals surface area contributed by atoms with Crippen molar-refractivity contribution in [2.75, 3.05) is 37.8 Å². The van der Waals surface area contributed by atoms with Crippen LogP contribution in [-0.4, -0.2) is 151 Å². The van der Waals surface area contributed by atoms with Crippen molar-refractivity contribution in [2.24, 2.45) is 11.1 Å². The lowest BCUT2D eigenvalue weighted by Crippen LogP contribution is -2.46. The van der Waals surface area contributed by atoms with Crippen molar-refractivity contribution >= 4 is 75.1 Å². The second-order valence-corrected chi connectivity index (χ2v) is 19.0. The van der Waals surface area contributed by atoms with Crippen LogP contribution in [0.3, 0.4) is 0 Å². The molecule has 0 spiro atoms. The molecule has 340 valence electrons. The van der Waals surface area contributed by atoms with Crippen molar-refractivity contribution < 1.29 is 95.5 Å². The maximum absolute atomic E-state index is 12.7. The maximum atomic E-state index is 12.7. The van der Waals surface area contributed by atoms with Crippen molar-refractivity contribution in [3.63, 3.8) is 0 Å². The van der Waals surface area contributed by atoms with Crippen LogP contribution in [0, 0.1) is 5.41 Å². The Hall–Kier alpha value is -3.05. The highest BCUT2D eigenvalue weighted by Gasteiger charge is 2.50. The Morgan fingerprint density at radius 1 is 1.02 bits per heavy atom. The molecule has 3 heterocycles. The van der Waals surface area contributed by atoms with Crippen LogP contribution in [0.25, 0.3) is 11.2 Å². The van der Waals surface area contributed by atoms with Gasteiger partial charge in [0, 0.05) is 30.7 Å². The molecule has 2 unspecified atom stereocenters. The van der Waals surface area contributed by atoms with E-state index in [1.807, 2.05) is 0 Å². The number of nitrogens with two attached hydrogens (primary N) is 2. The summed E-state index contributed by atoms with van der Waals surface area (Å²) < 4.78 is 62.0. The number of aliphatic hydroxyl groups excluding tert-OH is 3. The zero-order valence-electron chi connectivity index (χ0n) is 31.7. The minimum absolute atomic E-state index is 0.0107. The van der Waals surface area contributed by atoms with Crippen LogP contribution in [0.2, 0.25) is 0 Å². The highest BCUT2D eigenvalue weighted by atomic mass is 32.2. The number of aliphatic carboxylic acids is 1. The fraction of sp³-hybridized carbons (Fsp3) is 0.679. The summed E-state index contributed by atoms with van der Waals surface area (Å²) in [6.07, 6.45) is -8.23. The average Bonchev–Trinajstić information content (AvgIpc) is 3.71. The Balaban J connectivity index is 1.44. The predicted octanol–water partition coefficient (Wildman–Crippen LogP) is -2.39. The molecule has 0 saturated carbocycles. The average molecular weight is 941 g/mol. The molecule has 3 rings (SSSR count). The number of thioether (sulfide) groups is 1. The molecule has 1 aliphatic rings. The zero-order chi connectivity index (χ0) is 45.2. The molecule has 2 aromatic rings. The summed E-state index contributed by atoms with van der Waals surface area (Å²) in [5, 5.41) is 44.3. The molecular weight excluding hydrogens is 893 g/mol.